The van der Waals surface area contributed by atoms with Crippen LogP contribution in [-0.2, 0) is 7.05 Å². The number of aryl methyl sites for hydroxylation is 1. The predicted molar refractivity (Wildman–Crippen MR) is 68.2 cm³/mol. The van der Waals surface area contributed by atoms with Crippen LogP contribution in [0, 0.1) is 0 Å². The number of rotatable bonds is 4. The third kappa shape index (κ3) is 2.34. The number of aromatic nitrogens is 4. The Morgan fingerprint density at radius 1 is 1.44 bits per heavy atom. The van der Waals surface area contributed by atoms with Crippen molar-refractivity contribution in [1.29, 1.82) is 0 Å². The van der Waals surface area contributed by atoms with Gasteiger partial charge in [0.2, 0.25) is 5.88 Å². The minimum Gasteiger partial charge on any atom is -0.479 e. The number of methoxy groups -OCH3 is 1. The van der Waals surface area contributed by atoms with Gasteiger partial charge in [-0.05, 0) is 19.1 Å². The fraction of sp³-hybridized carbons (Fsp3) is 0.364. The lowest BCUT2D eigenvalue weighted by atomic mass is 10.3. The summed E-state index contributed by atoms with van der Waals surface area (Å²) in [6, 6.07) is 3.53. The van der Waals surface area contributed by atoms with Crippen molar-refractivity contribution in [3.05, 3.63) is 24.3 Å². The maximum Gasteiger partial charge on any atom is 0.238 e. The van der Waals surface area contributed by atoms with Crippen LogP contribution in [0.25, 0.3) is 0 Å². The lowest BCUT2D eigenvalue weighted by Gasteiger charge is -2.14. The van der Waals surface area contributed by atoms with Crippen LogP contribution in [0.1, 0.15) is 18.8 Å². The molecular formula is C11H16N6O. The maximum atomic E-state index is 5.71. The standard InChI is InChI=1S/C11H16N6O/c1-7(10-16-13-6-17(10)2)14-9-5-4-8(12)11(15-9)18-3/h4-7H,12H2,1-3H3,(H,14,15). The molecule has 0 aromatic carbocycles. The van der Waals surface area contributed by atoms with Crippen LogP contribution in [0.15, 0.2) is 18.5 Å². The van der Waals surface area contributed by atoms with Gasteiger partial charge in [0, 0.05) is 7.05 Å². The number of hydrogen-bond acceptors (Lipinski definition) is 6. The SMILES string of the molecule is COc1nc(NC(C)c2nncn2C)ccc1N. The van der Waals surface area contributed by atoms with E-state index in [9.17, 15) is 0 Å². The van der Waals surface area contributed by atoms with Crippen molar-refractivity contribution in [1.82, 2.24) is 19.7 Å². The van der Waals surface area contributed by atoms with Gasteiger partial charge in [-0.1, -0.05) is 0 Å². The first-order valence-corrected chi connectivity index (χ1v) is 5.52. The highest BCUT2D eigenvalue weighted by Gasteiger charge is 2.12. The summed E-state index contributed by atoms with van der Waals surface area (Å²) < 4.78 is 6.93. The summed E-state index contributed by atoms with van der Waals surface area (Å²) in [5.41, 5.74) is 6.22. The second-order valence-corrected chi connectivity index (χ2v) is 3.96. The molecule has 1 unspecified atom stereocenters. The molecule has 0 saturated carbocycles. The number of hydrogen-bond donors (Lipinski definition) is 2. The zero-order chi connectivity index (χ0) is 13.1. The van der Waals surface area contributed by atoms with Gasteiger partial charge in [0.1, 0.15) is 12.1 Å². The monoisotopic (exact) mass is 248 g/mol. The van der Waals surface area contributed by atoms with E-state index < -0.39 is 0 Å². The minimum absolute atomic E-state index is 0.0154. The molecule has 2 aromatic rings. The van der Waals surface area contributed by atoms with Crippen LogP contribution in [0.3, 0.4) is 0 Å². The Kier molecular flexibility index (Phi) is 3.31. The molecule has 2 rings (SSSR count). The second-order valence-electron chi connectivity index (χ2n) is 3.96. The van der Waals surface area contributed by atoms with Crippen LogP contribution < -0.4 is 15.8 Å². The molecule has 0 amide bonds. The van der Waals surface area contributed by atoms with Crippen LogP contribution in [-0.4, -0.2) is 26.9 Å². The molecule has 3 N–H and O–H groups in total. The number of ether oxygens (including phenoxy) is 1. The van der Waals surface area contributed by atoms with Gasteiger partial charge in [0.05, 0.1) is 18.8 Å². The van der Waals surface area contributed by atoms with Crippen molar-refractivity contribution in [2.24, 2.45) is 7.05 Å². The van der Waals surface area contributed by atoms with Crippen LogP contribution >= 0.6 is 0 Å². The first-order chi connectivity index (χ1) is 8.61. The van der Waals surface area contributed by atoms with Gasteiger partial charge in [-0.25, -0.2) is 0 Å². The summed E-state index contributed by atoms with van der Waals surface area (Å²) >= 11 is 0. The van der Waals surface area contributed by atoms with E-state index in [0.29, 0.717) is 17.4 Å². The van der Waals surface area contributed by atoms with E-state index in [-0.39, 0.29) is 6.04 Å². The first-order valence-electron chi connectivity index (χ1n) is 5.52. The van der Waals surface area contributed by atoms with Gasteiger partial charge >= 0.3 is 0 Å². The average molecular weight is 248 g/mol. The molecule has 1 atom stereocenters. The molecule has 0 aliphatic heterocycles. The predicted octanol–water partition coefficient (Wildman–Crippen LogP) is 0.974. The van der Waals surface area contributed by atoms with Gasteiger partial charge in [0.15, 0.2) is 5.82 Å². The fourth-order valence-electron chi connectivity index (χ4n) is 1.67. The zero-order valence-corrected chi connectivity index (χ0v) is 10.6. The van der Waals surface area contributed by atoms with Crippen molar-refractivity contribution in [3.63, 3.8) is 0 Å². The van der Waals surface area contributed by atoms with Crippen molar-refractivity contribution < 1.29 is 4.74 Å². The van der Waals surface area contributed by atoms with Crippen molar-refractivity contribution >= 4 is 11.5 Å². The Morgan fingerprint density at radius 3 is 2.83 bits per heavy atom. The molecule has 0 fully saturated rings. The summed E-state index contributed by atoms with van der Waals surface area (Å²) in [6.45, 7) is 1.98. The number of nitrogen functional groups attached to an aromatic ring is 1. The molecule has 0 aliphatic carbocycles. The fourth-order valence-corrected chi connectivity index (χ4v) is 1.67. The lowest BCUT2D eigenvalue weighted by Crippen LogP contribution is -2.13. The Hall–Kier alpha value is -2.31. The van der Waals surface area contributed by atoms with Crippen molar-refractivity contribution in [2.45, 2.75) is 13.0 Å². The highest BCUT2D eigenvalue weighted by atomic mass is 16.5. The van der Waals surface area contributed by atoms with Gasteiger partial charge in [-0.15, -0.1) is 10.2 Å². The number of nitrogens with one attached hydrogen (secondary N) is 1. The van der Waals surface area contributed by atoms with Crippen molar-refractivity contribution in [2.75, 3.05) is 18.2 Å². The molecule has 7 nitrogen and oxygen atoms in total. The topological polar surface area (TPSA) is 90.9 Å². The lowest BCUT2D eigenvalue weighted by molar-refractivity contribution is 0.400. The molecule has 0 spiro atoms. The summed E-state index contributed by atoms with van der Waals surface area (Å²) in [5, 5.41) is 11.1. The molecule has 96 valence electrons. The van der Waals surface area contributed by atoms with Gasteiger partial charge in [-0.3, -0.25) is 0 Å². The summed E-state index contributed by atoms with van der Waals surface area (Å²) in [6.07, 6.45) is 1.66. The third-order valence-corrected chi connectivity index (χ3v) is 2.58. The van der Waals surface area contributed by atoms with Gasteiger partial charge in [0.25, 0.3) is 0 Å². The number of anilines is 2. The first kappa shape index (κ1) is 12.2. The van der Waals surface area contributed by atoms with E-state index in [2.05, 4.69) is 20.5 Å². The molecular weight excluding hydrogens is 232 g/mol. The number of nitrogens with zero attached hydrogens (tertiary/aromatic N) is 4. The quantitative estimate of drug-likeness (QED) is 0.838. The number of nitrogens with two attached hydrogens (primary N) is 1. The normalized spacial score (nSPS) is 12.2. The Morgan fingerprint density at radius 2 is 2.22 bits per heavy atom. The zero-order valence-electron chi connectivity index (χ0n) is 10.6. The smallest absolute Gasteiger partial charge is 0.238 e. The van der Waals surface area contributed by atoms with E-state index in [1.165, 1.54) is 7.11 Å². The second kappa shape index (κ2) is 4.91. The van der Waals surface area contributed by atoms with E-state index in [4.69, 9.17) is 10.5 Å². The molecule has 0 aliphatic rings. The molecule has 2 heterocycles. The molecule has 0 radical (unpaired) electrons. The molecule has 7 heteroatoms. The third-order valence-electron chi connectivity index (χ3n) is 2.58. The highest BCUT2D eigenvalue weighted by Crippen LogP contribution is 2.22. The van der Waals surface area contributed by atoms with E-state index in [1.54, 1.807) is 18.5 Å². The van der Waals surface area contributed by atoms with Gasteiger partial charge in [-0.2, -0.15) is 4.98 Å². The average Bonchev–Trinajstić information content (AvgIpc) is 2.78. The Bertz CT molecular complexity index is 538. The van der Waals surface area contributed by atoms with E-state index in [0.717, 1.165) is 5.82 Å². The highest BCUT2D eigenvalue weighted by molar-refractivity contribution is 5.53. The van der Waals surface area contributed by atoms with Crippen LogP contribution in [0.2, 0.25) is 0 Å². The Balaban J connectivity index is 2.17. The van der Waals surface area contributed by atoms with Crippen LogP contribution in [0.4, 0.5) is 11.5 Å². The van der Waals surface area contributed by atoms with Crippen LogP contribution in [0.5, 0.6) is 5.88 Å². The van der Waals surface area contributed by atoms with Crippen molar-refractivity contribution in [3.8, 4) is 5.88 Å². The van der Waals surface area contributed by atoms with Gasteiger partial charge < -0.3 is 20.4 Å². The maximum absolute atomic E-state index is 5.71. The molecule has 0 bridgehead atoms. The summed E-state index contributed by atoms with van der Waals surface area (Å²) in [4.78, 5) is 4.25. The summed E-state index contributed by atoms with van der Waals surface area (Å²) in [7, 11) is 3.43. The minimum atomic E-state index is -0.0154. The molecule has 0 saturated heterocycles. The van der Waals surface area contributed by atoms with E-state index in [1.807, 2.05) is 18.5 Å². The molecule has 18 heavy (non-hydrogen) atoms. The number of pyridine rings is 1. The largest absolute Gasteiger partial charge is 0.479 e. The molecule has 2 aromatic heterocycles. The van der Waals surface area contributed by atoms with E-state index >= 15 is 0 Å². The Labute approximate surface area is 105 Å². The summed E-state index contributed by atoms with van der Waals surface area (Å²) in [5.74, 6) is 1.91.